The van der Waals surface area contributed by atoms with E-state index < -0.39 is 40.6 Å². The maximum Gasteiger partial charge on any atom is 0.251 e. The maximum atomic E-state index is 14.3. The first kappa shape index (κ1) is 20.7. The second-order valence-electron chi connectivity index (χ2n) is 8.05. The molecule has 0 heterocycles. The van der Waals surface area contributed by atoms with E-state index in [4.69, 9.17) is 4.74 Å². The zero-order valence-corrected chi connectivity index (χ0v) is 16.6. The summed E-state index contributed by atoms with van der Waals surface area (Å²) in [6, 6.07) is 9.32. The van der Waals surface area contributed by atoms with Crippen molar-refractivity contribution in [3.8, 4) is 11.5 Å². The Balaban J connectivity index is 1.76. The van der Waals surface area contributed by atoms with E-state index in [0.717, 1.165) is 0 Å². The molecule has 0 aromatic heterocycles. The lowest BCUT2D eigenvalue weighted by Crippen LogP contribution is -2.50. The minimum Gasteiger partial charge on any atom is -0.457 e. The van der Waals surface area contributed by atoms with Gasteiger partial charge in [-0.25, -0.2) is 26.3 Å². The molecule has 1 saturated carbocycles. The summed E-state index contributed by atoms with van der Waals surface area (Å²) in [4.78, 5) is -0.105. The molecule has 0 spiro atoms. The highest BCUT2D eigenvalue weighted by atomic mass is 32.2. The van der Waals surface area contributed by atoms with Crippen LogP contribution in [0.4, 0.5) is 13.2 Å². The standard InChI is InChI=1S/C20H22F3NO3S/c1-19(2,3)17-8-7-15(10-18(17)21)27-14-5-4-6-16(9-14)28(25,26)24-13-11-20(22,23)12-13/h4-10,13,24H,11-12H2,1-3H3. The number of hydrogen-bond acceptors (Lipinski definition) is 3. The Hall–Kier alpha value is -2.06. The van der Waals surface area contributed by atoms with Crippen molar-refractivity contribution >= 4 is 10.0 Å². The summed E-state index contributed by atoms with van der Waals surface area (Å²) in [6.07, 6.45) is -1.02. The van der Waals surface area contributed by atoms with Crippen molar-refractivity contribution in [3.63, 3.8) is 0 Å². The van der Waals surface area contributed by atoms with E-state index in [1.165, 1.54) is 30.3 Å². The molecule has 1 aliphatic carbocycles. The highest BCUT2D eigenvalue weighted by molar-refractivity contribution is 7.89. The third-order valence-corrected chi connectivity index (χ3v) is 6.03. The van der Waals surface area contributed by atoms with Gasteiger partial charge in [0.15, 0.2) is 0 Å². The van der Waals surface area contributed by atoms with E-state index in [1.807, 2.05) is 20.8 Å². The second kappa shape index (κ2) is 7.08. The fourth-order valence-electron chi connectivity index (χ4n) is 3.04. The summed E-state index contributed by atoms with van der Waals surface area (Å²) in [5.41, 5.74) is 0.179. The Bertz CT molecular complexity index is 976. The highest BCUT2D eigenvalue weighted by Crippen LogP contribution is 2.38. The van der Waals surface area contributed by atoms with Gasteiger partial charge in [0.2, 0.25) is 10.0 Å². The van der Waals surface area contributed by atoms with Crippen LogP contribution in [0.25, 0.3) is 0 Å². The van der Waals surface area contributed by atoms with Crippen LogP contribution >= 0.6 is 0 Å². The van der Waals surface area contributed by atoms with Gasteiger partial charge in [0.25, 0.3) is 5.92 Å². The first-order valence-corrected chi connectivity index (χ1v) is 10.3. The Morgan fingerprint density at radius 2 is 1.71 bits per heavy atom. The van der Waals surface area contributed by atoms with E-state index in [2.05, 4.69) is 4.72 Å². The second-order valence-corrected chi connectivity index (χ2v) is 9.76. The smallest absolute Gasteiger partial charge is 0.251 e. The van der Waals surface area contributed by atoms with Gasteiger partial charge in [-0.1, -0.05) is 32.9 Å². The first-order chi connectivity index (χ1) is 12.9. The normalized spacial score (nSPS) is 17.2. The summed E-state index contributed by atoms with van der Waals surface area (Å²) >= 11 is 0. The van der Waals surface area contributed by atoms with Gasteiger partial charge in [0, 0.05) is 31.0 Å². The number of hydrogen-bond donors (Lipinski definition) is 1. The van der Waals surface area contributed by atoms with Gasteiger partial charge in [-0.05, 0) is 29.2 Å². The molecule has 2 aromatic carbocycles. The SMILES string of the molecule is CC(C)(C)c1ccc(Oc2cccc(S(=O)(=O)NC3CC(F)(F)C3)c2)cc1F. The summed E-state index contributed by atoms with van der Waals surface area (Å²) < 4.78 is 72.8. The highest BCUT2D eigenvalue weighted by Gasteiger charge is 2.46. The van der Waals surface area contributed by atoms with E-state index >= 15 is 0 Å². The van der Waals surface area contributed by atoms with Crippen LogP contribution in [0.5, 0.6) is 11.5 Å². The van der Waals surface area contributed by atoms with Crippen molar-refractivity contribution in [2.24, 2.45) is 0 Å². The molecular weight excluding hydrogens is 391 g/mol. The van der Waals surface area contributed by atoms with Gasteiger partial charge in [0.05, 0.1) is 4.90 Å². The lowest BCUT2D eigenvalue weighted by molar-refractivity contribution is -0.0876. The third kappa shape index (κ3) is 4.67. The largest absolute Gasteiger partial charge is 0.457 e. The lowest BCUT2D eigenvalue weighted by Gasteiger charge is -2.34. The minimum absolute atomic E-state index is 0.105. The molecule has 0 amide bonds. The molecule has 1 aliphatic rings. The van der Waals surface area contributed by atoms with Crippen molar-refractivity contribution < 1.29 is 26.3 Å². The van der Waals surface area contributed by atoms with Crippen LogP contribution in [0.1, 0.15) is 39.2 Å². The molecule has 3 rings (SSSR count). The van der Waals surface area contributed by atoms with Gasteiger partial charge >= 0.3 is 0 Å². The molecular formula is C20H22F3NO3S. The first-order valence-electron chi connectivity index (χ1n) is 8.84. The van der Waals surface area contributed by atoms with Crippen LogP contribution in [-0.2, 0) is 15.4 Å². The molecule has 0 saturated heterocycles. The van der Waals surface area contributed by atoms with E-state index in [1.54, 1.807) is 12.1 Å². The van der Waals surface area contributed by atoms with E-state index in [0.29, 0.717) is 5.56 Å². The predicted octanol–water partition coefficient (Wildman–Crippen LogP) is 4.99. The van der Waals surface area contributed by atoms with Gasteiger partial charge in [-0.15, -0.1) is 0 Å². The van der Waals surface area contributed by atoms with Crippen LogP contribution in [0.15, 0.2) is 47.4 Å². The monoisotopic (exact) mass is 413 g/mol. The molecule has 2 aromatic rings. The fourth-order valence-corrected chi connectivity index (χ4v) is 4.31. The summed E-state index contributed by atoms with van der Waals surface area (Å²) in [5.74, 6) is -2.81. The van der Waals surface area contributed by atoms with Crippen LogP contribution in [0, 0.1) is 5.82 Å². The van der Waals surface area contributed by atoms with Gasteiger partial charge < -0.3 is 4.74 Å². The van der Waals surface area contributed by atoms with Crippen LogP contribution in [0.2, 0.25) is 0 Å². The zero-order valence-electron chi connectivity index (χ0n) is 15.8. The number of benzene rings is 2. The molecule has 152 valence electrons. The molecule has 4 nitrogen and oxygen atoms in total. The summed E-state index contributed by atoms with van der Waals surface area (Å²) in [5, 5.41) is 0. The predicted molar refractivity (Wildman–Crippen MR) is 99.9 cm³/mol. The molecule has 1 fully saturated rings. The van der Waals surface area contributed by atoms with Gasteiger partial charge in [-0.3, -0.25) is 0 Å². The number of sulfonamides is 1. The van der Waals surface area contributed by atoms with Crippen LogP contribution in [-0.4, -0.2) is 20.4 Å². The van der Waals surface area contributed by atoms with Crippen molar-refractivity contribution in [1.82, 2.24) is 4.72 Å². The van der Waals surface area contributed by atoms with Crippen molar-refractivity contribution in [2.45, 2.75) is 55.9 Å². The molecule has 8 heteroatoms. The van der Waals surface area contributed by atoms with Crippen LogP contribution in [0.3, 0.4) is 0 Å². The van der Waals surface area contributed by atoms with Crippen LogP contribution < -0.4 is 9.46 Å². The molecule has 1 N–H and O–H groups in total. The zero-order chi connectivity index (χ0) is 20.7. The third-order valence-electron chi connectivity index (χ3n) is 4.51. The number of ether oxygens (including phenoxy) is 1. The number of halogens is 3. The molecule has 0 unspecified atom stereocenters. The fraction of sp³-hybridized carbons (Fsp3) is 0.400. The number of nitrogens with one attached hydrogen (secondary N) is 1. The van der Waals surface area contributed by atoms with E-state index in [9.17, 15) is 21.6 Å². The Morgan fingerprint density at radius 1 is 1.07 bits per heavy atom. The van der Waals surface area contributed by atoms with Crippen molar-refractivity contribution in [2.75, 3.05) is 0 Å². The van der Waals surface area contributed by atoms with Gasteiger partial charge in [-0.2, -0.15) is 0 Å². The average molecular weight is 413 g/mol. The lowest BCUT2D eigenvalue weighted by atomic mass is 9.87. The van der Waals surface area contributed by atoms with E-state index in [-0.39, 0.29) is 21.8 Å². The summed E-state index contributed by atoms with van der Waals surface area (Å²) in [6.45, 7) is 5.68. The molecule has 0 radical (unpaired) electrons. The van der Waals surface area contributed by atoms with Crippen molar-refractivity contribution in [3.05, 3.63) is 53.8 Å². The van der Waals surface area contributed by atoms with Gasteiger partial charge in [0.1, 0.15) is 17.3 Å². The molecule has 28 heavy (non-hydrogen) atoms. The number of alkyl halides is 2. The average Bonchev–Trinajstić information content (AvgIpc) is 2.52. The quantitative estimate of drug-likeness (QED) is 0.751. The minimum atomic E-state index is -3.96. The number of rotatable bonds is 5. The Kier molecular flexibility index (Phi) is 5.22. The summed E-state index contributed by atoms with van der Waals surface area (Å²) in [7, 11) is -3.96. The molecule has 0 atom stereocenters. The Morgan fingerprint density at radius 3 is 2.29 bits per heavy atom. The van der Waals surface area contributed by atoms with Crippen molar-refractivity contribution in [1.29, 1.82) is 0 Å². The Labute approximate surface area is 162 Å². The maximum absolute atomic E-state index is 14.3. The molecule has 0 aliphatic heterocycles. The topological polar surface area (TPSA) is 55.4 Å². The molecule has 0 bridgehead atoms.